The Bertz CT molecular complexity index is 504. The topological polar surface area (TPSA) is 55.4 Å². The molecular weight excluding hydrogens is 280 g/mol. The van der Waals surface area contributed by atoms with Crippen molar-refractivity contribution < 1.29 is 13.2 Å². The third kappa shape index (κ3) is 3.30. The molecule has 1 fully saturated rings. The summed E-state index contributed by atoms with van der Waals surface area (Å²) in [4.78, 5) is 0.304. The lowest BCUT2D eigenvalue weighted by atomic mass is 10.3. The summed E-state index contributed by atoms with van der Waals surface area (Å²) in [6, 6.07) is 6.70. The smallest absolute Gasteiger partial charge is 0.340 e. The van der Waals surface area contributed by atoms with Gasteiger partial charge in [-0.2, -0.15) is 0 Å². The summed E-state index contributed by atoms with van der Waals surface area (Å²) >= 11 is 1.58. The van der Waals surface area contributed by atoms with Crippen molar-refractivity contribution in [2.24, 2.45) is 0 Å². The third-order valence-electron chi connectivity index (χ3n) is 3.47. The van der Waals surface area contributed by atoms with Crippen molar-refractivity contribution >= 4 is 42.8 Å². The molecule has 1 saturated carbocycles. The standard InChI is InChI=1S/C11H13NO3S.2Al.4H/c12-16(13,14)11-7-5-10(6-8-11)15-9-3-1-2-4-9;;;;;;/h3,5-9H,1-2,4H2,(H-,12,13,14);;;;;;/q-1;;+1;;;;. The van der Waals surface area contributed by atoms with Gasteiger partial charge in [-0.15, -0.1) is 0 Å². The summed E-state index contributed by atoms with van der Waals surface area (Å²) < 4.78 is 32.3. The highest BCUT2D eigenvalue weighted by Gasteiger charge is 2.24. The van der Waals surface area contributed by atoms with Crippen LogP contribution in [0, 0.1) is 0 Å². The predicted molar refractivity (Wildman–Crippen MR) is 75.9 cm³/mol. The summed E-state index contributed by atoms with van der Waals surface area (Å²) in [5.41, 5.74) is 0. The molecule has 0 radical (unpaired) electrons. The average Bonchev–Trinajstić information content (AvgIpc) is 2.76. The molecule has 1 aliphatic rings. The van der Waals surface area contributed by atoms with Crippen molar-refractivity contribution in [2.75, 3.05) is 0 Å². The Hall–Kier alpha value is -0.00506. The number of hydrogen-bond donors (Lipinski definition) is 1. The van der Waals surface area contributed by atoms with Gasteiger partial charge in [0.25, 0.3) is 0 Å². The van der Waals surface area contributed by atoms with Crippen LogP contribution in [-0.2, 0) is 10.0 Å². The number of sulfonamides is 1. The van der Waals surface area contributed by atoms with Crippen LogP contribution in [0.4, 0.5) is 0 Å². The zero-order valence-electron chi connectivity index (χ0n) is 10.7. The molecule has 2 unspecified atom stereocenters. The molecule has 0 aromatic heterocycles. The van der Waals surface area contributed by atoms with Crippen LogP contribution < -0.4 is 8.44 Å². The minimum atomic E-state index is -3.29. The quantitative estimate of drug-likeness (QED) is 0.788. The highest BCUT2D eigenvalue weighted by Crippen LogP contribution is 2.31. The Morgan fingerprint density at radius 1 is 1.22 bits per heavy atom. The highest BCUT2D eigenvalue weighted by atomic mass is 32.2. The Morgan fingerprint density at radius 2 is 1.89 bits per heavy atom. The van der Waals surface area contributed by atoms with E-state index in [1.807, 2.05) is 0 Å². The van der Waals surface area contributed by atoms with Crippen LogP contribution in [0.3, 0.4) is 0 Å². The van der Waals surface area contributed by atoms with Gasteiger partial charge in [0.15, 0.2) is 0 Å². The van der Waals surface area contributed by atoms with E-state index in [0.717, 1.165) is 33.2 Å². The van der Waals surface area contributed by atoms with E-state index in [-0.39, 0.29) is 0 Å². The molecule has 1 aromatic carbocycles. The molecular formula is C11H17Al2NO3S. The molecule has 0 saturated heterocycles. The number of hydrogen-bond acceptors (Lipinski definition) is 3. The van der Waals surface area contributed by atoms with E-state index >= 15 is 0 Å². The van der Waals surface area contributed by atoms with Crippen LogP contribution in [0.2, 0.25) is 4.78 Å². The van der Waals surface area contributed by atoms with Crippen molar-refractivity contribution in [2.45, 2.75) is 35.0 Å². The average molecular weight is 297 g/mol. The first-order valence-corrected chi connectivity index (χ1v) is 9.87. The van der Waals surface area contributed by atoms with Gasteiger partial charge in [-0.1, -0.05) is 17.6 Å². The summed E-state index contributed by atoms with van der Waals surface area (Å²) in [6.07, 6.45) is 3.97. The first-order valence-electron chi connectivity index (χ1n) is 6.23. The van der Waals surface area contributed by atoms with Gasteiger partial charge >= 0.3 is 16.5 Å². The molecule has 0 aliphatic heterocycles. The van der Waals surface area contributed by atoms with Crippen LogP contribution in [0.1, 0.15) is 19.3 Å². The van der Waals surface area contributed by atoms with E-state index in [2.05, 4.69) is 3.71 Å². The molecule has 96 valence electrons. The maximum absolute atomic E-state index is 11.6. The van der Waals surface area contributed by atoms with Crippen molar-refractivity contribution in [3.8, 4) is 5.75 Å². The van der Waals surface area contributed by atoms with Gasteiger partial charge in [0.05, 0.1) is 11.0 Å². The van der Waals surface area contributed by atoms with Crippen molar-refractivity contribution in [1.29, 1.82) is 0 Å². The molecule has 1 aromatic rings. The van der Waals surface area contributed by atoms with Gasteiger partial charge < -0.3 is 8.44 Å². The van der Waals surface area contributed by atoms with E-state index < -0.39 is 10.0 Å². The van der Waals surface area contributed by atoms with Crippen LogP contribution in [0.15, 0.2) is 29.2 Å². The number of benzene rings is 1. The Balaban J connectivity index is 2.08. The summed E-state index contributed by atoms with van der Waals surface area (Å²) in [7, 11) is -3.29. The molecule has 7 heteroatoms. The molecule has 0 heterocycles. The fourth-order valence-corrected chi connectivity index (χ4v) is 4.59. The van der Waals surface area contributed by atoms with Gasteiger partial charge in [0.1, 0.15) is 5.75 Å². The lowest BCUT2D eigenvalue weighted by Gasteiger charge is -2.18. The molecule has 2 atom stereocenters. The molecule has 4 nitrogen and oxygen atoms in total. The minimum absolute atomic E-state index is 0.304. The Labute approximate surface area is 124 Å². The van der Waals surface area contributed by atoms with Crippen molar-refractivity contribution in [3.63, 3.8) is 0 Å². The van der Waals surface area contributed by atoms with Crippen molar-refractivity contribution in [3.05, 3.63) is 24.3 Å². The van der Waals surface area contributed by atoms with Crippen molar-refractivity contribution in [1.82, 2.24) is 3.71 Å². The van der Waals surface area contributed by atoms with E-state index in [1.165, 1.54) is 12.8 Å². The highest BCUT2D eigenvalue weighted by molar-refractivity contribution is 7.90. The van der Waals surface area contributed by atoms with E-state index in [1.54, 1.807) is 24.3 Å². The zero-order chi connectivity index (χ0) is 13.2. The summed E-state index contributed by atoms with van der Waals surface area (Å²) in [5.74, 6) is 0.773. The van der Waals surface area contributed by atoms with E-state index in [4.69, 9.17) is 4.74 Å². The van der Waals surface area contributed by atoms with E-state index in [0.29, 0.717) is 27.5 Å². The van der Waals surface area contributed by atoms with Gasteiger partial charge in [0, 0.05) is 0 Å². The van der Waals surface area contributed by atoms with Gasteiger partial charge in [0.2, 0.25) is 26.3 Å². The maximum atomic E-state index is 11.6. The maximum Gasteiger partial charge on any atom is 0.340 e. The molecule has 1 N–H and O–H groups in total. The normalized spacial score (nSPS) is 24.0. The molecule has 0 amide bonds. The fourth-order valence-electron chi connectivity index (χ4n) is 2.28. The molecule has 0 spiro atoms. The fraction of sp³-hybridized carbons (Fsp3) is 0.455. The summed E-state index contributed by atoms with van der Waals surface area (Å²) in [6.45, 7) is 0. The molecule has 0 bridgehead atoms. The van der Waals surface area contributed by atoms with Gasteiger partial charge in [-0.3, -0.25) is 0 Å². The van der Waals surface area contributed by atoms with E-state index in [9.17, 15) is 8.42 Å². The number of nitrogens with one attached hydrogen (secondary N) is 1. The van der Waals surface area contributed by atoms with Crippen LogP contribution >= 0.6 is 0 Å². The Morgan fingerprint density at radius 3 is 2.39 bits per heavy atom. The molecule has 2 rings (SSSR count). The molecule has 18 heavy (non-hydrogen) atoms. The molecule has 1 aliphatic carbocycles. The van der Waals surface area contributed by atoms with Gasteiger partial charge in [-0.25, -0.2) is 8.42 Å². The van der Waals surface area contributed by atoms with Crippen LogP contribution in [0.25, 0.3) is 0 Å². The minimum Gasteiger partial charge on any atom is -0.491 e. The van der Waals surface area contributed by atoms with Gasteiger partial charge in [-0.05, 0) is 30.7 Å². The second kappa shape index (κ2) is 5.97. The third-order valence-corrected chi connectivity index (χ3v) is 7.84. The number of rotatable bonds is 4. The first-order chi connectivity index (χ1) is 8.53. The Kier molecular flexibility index (Phi) is 4.77. The second-order valence-corrected chi connectivity index (χ2v) is 9.34. The summed E-state index contributed by atoms with van der Waals surface area (Å²) in [5, 5.41) is 0. The van der Waals surface area contributed by atoms with Crippen LogP contribution in [0.5, 0.6) is 5.75 Å². The monoisotopic (exact) mass is 297 g/mol. The first kappa shape index (κ1) is 14.4. The second-order valence-electron chi connectivity index (χ2n) is 4.74. The lowest BCUT2D eigenvalue weighted by molar-refractivity contribution is 0.210. The number of ether oxygens (including phenoxy) is 1. The predicted octanol–water partition coefficient (Wildman–Crippen LogP) is -0.134. The largest absolute Gasteiger partial charge is 0.491 e. The van der Waals surface area contributed by atoms with Crippen LogP contribution in [-0.4, -0.2) is 47.3 Å². The SMILES string of the molecule is O=S(=O)([NH][AlH2])c1ccc(OC2CCC[CH]2[AlH2])cc1. The lowest BCUT2D eigenvalue weighted by Crippen LogP contribution is -2.20. The zero-order valence-corrected chi connectivity index (χ0v) is 15.5.